The summed E-state index contributed by atoms with van der Waals surface area (Å²) in [5.41, 5.74) is 2.96. The van der Waals surface area contributed by atoms with Crippen LogP contribution in [0, 0.1) is 5.82 Å². The molecule has 0 radical (unpaired) electrons. The predicted octanol–water partition coefficient (Wildman–Crippen LogP) is 7.20. The summed E-state index contributed by atoms with van der Waals surface area (Å²) in [5, 5.41) is 4.00. The van der Waals surface area contributed by atoms with Gasteiger partial charge in [0.05, 0.1) is 9.50 Å². The van der Waals surface area contributed by atoms with E-state index >= 15 is 0 Å². The van der Waals surface area contributed by atoms with Crippen LogP contribution in [0.4, 0.5) is 10.1 Å². The lowest BCUT2D eigenvalue weighted by atomic mass is 10.2. The third-order valence-corrected chi connectivity index (χ3v) is 5.57. The van der Waals surface area contributed by atoms with Crippen molar-refractivity contribution in [1.82, 2.24) is 0 Å². The third-order valence-electron chi connectivity index (χ3n) is 3.72. The van der Waals surface area contributed by atoms with Gasteiger partial charge in [0.1, 0.15) is 18.2 Å². The summed E-state index contributed by atoms with van der Waals surface area (Å²) in [6, 6.07) is 18.0. The van der Waals surface area contributed by atoms with Crippen LogP contribution >= 0.6 is 43.5 Å². The average molecular weight is 500 g/mol. The molecule has 1 N–H and O–H groups in total. The minimum absolute atomic E-state index is 0.251. The van der Waals surface area contributed by atoms with Crippen molar-refractivity contribution in [3.05, 3.63) is 91.6 Å². The van der Waals surface area contributed by atoms with Crippen LogP contribution in [0.1, 0.15) is 11.1 Å². The van der Waals surface area contributed by atoms with Crippen molar-refractivity contribution >= 4 is 49.1 Å². The van der Waals surface area contributed by atoms with Crippen LogP contribution in [0.2, 0.25) is 5.02 Å². The fourth-order valence-corrected chi connectivity index (χ4v) is 3.29. The van der Waals surface area contributed by atoms with Crippen LogP contribution in [0.3, 0.4) is 0 Å². The van der Waals surface area contributed by atoms with E-state index in [1.807, 2.05) is 36.4 Å². The highest BCUT2D eigenvalue weighted by Crippen LogP contribution is 2.28. The lowest BCUT2D eigenvalue weighted by Gasteiger charge is -2.11. The average Bonchev–Trinajstić information content (AvgIpc) is 2.63. The van der Waals surface area contributed by atoms with Gasteiger partial charge in [-0.05, 0) is 85.5 Å². The molecule has 0 aliphatic carbocycles. The number of ether oxygens (including phenoxy) is 1. The first-order valence-corrected chi connectivity index (χ1v) is 9.82. The number of rotatable bonds is 6. The van der Waals surface area contributed by atoms with Crippen molar-refractivity contribution < 1.29 is 9.13 Å². The summed E-state index contributed by atoms with van der Waals surface area (Å²) in [6.45, 7) is 1.04. The summed E-state index contributed by atoms with van der Waals surface area (Å²) in [7, 11) is 0. The molecule has 0 spiro atoms. The van der Waals surface area contributed by atoms with Gasteiger partial charge >= 0.3 is 0 Å². The molecule has 0 unspecified atom stereocenters. The van der Waals surface area contributed by atoms with Gasteiger partial charge in [-0.15, -0.1) is 0 Å². The summed E-state index contributed by atoms with van der Waals surface area (Å²) in [6.07, 6.45) is 0. The van der Waals surface area contributed by atoms with E-state index in [4.69, 9.17) is 16.3 Å². The van der Waals surface area contributed by atoms with Crippen LogP contribution in [-0.2, 0) is 13.2 Å². The molecule has 3 aromatic carbocycles. The molecule has 0 heterocycles. The first-order valence-electron chi connectivity index (χ1n) is 7.86. The maximum atomic E-state index is 12.9. The van der Waals surface area contributed by atoms with Crippen molar-refractivity contribution in [2.45, 2.75) is 13.2 Å². The highest BCUT2D eigenvalue weighted by atomic mass is 79.9. The van der Waals surface area contributed by atoms with Gasteiger partial charge in [-0.2, -0.15) is 0 Å². The van der Waals surface area contributed by atoms with Crippen LogP contribution in [0.15, 0.2) is 69.6 Å². The molecule has 0 atom stereocenters. The maximum Gasteiger partial charge on any atom is 0.134 e. The van der Waals surface area contributed by atoms with Gasteiger partial charge in [-0.25, -0.2) is 4.39 Å². The summed E-state index contributed by atoms with van der Waals surface area (Å²) < 4.78 is 20.5. The van der Waals surface area contributed by atoms with Crippen LogP contribution in [0.25, 0.3) is 0 Å². The Morgan fingerprint density at radius 1 is 0.885 bits per heavy atom. The fourth-order valence-electron chi connectivity index (χ4n) is 2.32. The summed E-state index contributed by atoms with van der Waals surface area (Å²) in [5.74, 6) is 0.489. The fraction of sp³-hybridized carbons (Fsp3) is 0.100. The highest BCUT2D eigenvalue weighted by Gasteiger charge is 2.05. The summed E-state index contributed by atoms with van der Waals surface area (Å²) >= 11 is 13.0. The molecule has 0 saturated carbocycles. The minimum atomic E-state index is -0.251. The van der Waals surface area contributed by atoms with E-state index in [1.54, 1.807) is 12.1 Å². The molecule has 26 heavy (non-hydrogen) atoms. The van der Waals surface area contributed by atoms with E-state index in [1.165, 1.54) is 12.1 Å². The predicted molar refractivity (Wildman–Crippen MR) is 111 cm³/mol. The Morgan fingerprint density at radius 3 is 2.31 bits per heavy atom. The second-order valence-electron chi connectivity index (χ2n) is 5.66. The van der Waals surface area contributed by atoms with E-state index < -0.39 is 0 Å². The zero-order chi connectivity index (χ0) is 18.5. The number of benzene rings is 3. The van der Waals surface area contributed by atoms with Crippen molar-refractivity contribution in [2.24, 2.45) is 0 Å². The molecule has 0 amide bonds. The van der Waals surface area contributed by atoms with Crippen LogP contribution in [-0.4, -0.2) is 0 Å². The zero-order valence-electron chi connectivity index (χ0n) is 13.6. The minimum Gasteiger partial charge on any atom is -0.488 e. The molecule has 0 bridgehead atoms. The van der Waals surface area contributed by atoms with E-state index in [0.717, 1.165) is 31.5 Å². The molecule has 0 saturated heterocycles. The van der Waals surface area contributed by atoms with Crippen LogP contribution in [0.5, 0.6) is 5.75 Å². The third kappa shape index (κ3) is 5.22. The Labute approximate surface area is 173 Å². The van der Waals surface area contributed by atoms with Crippen molar-refractivity contribution in [2.75, 3.05) is 5.32 Å². The molecular weight excluding hydrogens is 484 g/mol. The number of halogens is 4. The maximum absolute atomic E-state index is 12.9. The molecule has 3 rings (SSSR count). The zero-order valence-corrected chi connectivity index (χ0v) is 17.5. The van der Waals surface area contributed by atoms with Crippen molar-refractivity contribution in [3.63, 3.8) is 0 Å². The Morgan fingerprint density at radius 2 is 1.62 bits per heavy atom. The molecule has 0 aromatic heterocycles. The molecule has 0 fully saturated rings. The molecular formula is C20H15Br2ClFNO. The van der Waals surface area contributed by atoms with Gasteiger partial charge < -0.3 is 10.1 Å². The summed E-state index contributed by atoms with van der Waals surface area (Å²) in [4.78, 5) is 0. The van der Waals surface area contributed by atoms with Gasteiger partial charge in [0.15, 0.2) is 0 Å². The number of hydrogen-bond donors (Lipinski definition) is 1. The topological polar surface area (TPSA) is 21.3 Å². The smallest absolute Gasteiger partial charge is 0.134 e. The standard InChI is InChI=1S/C20H15Br2ClFNO/c21-17-7-6-16(10-19(17)23)25-11-14-3-8-20(18(22)9-14)26-12-13-1-4-15(24)5-2-13/h1-10,25H,11-12H2. The van der Waals surface area contributed by atoms with Crippen molar-refractivity contribution in [3.8, 4) is 5.75 Å². The van der Waals surface area contributed by atoms with E-state index in [-0.39, 0.29) is 5.82 Å². The Kier molecular flexibility index (Phi) is 6.57. The lowest BCUT2D eigenvalue weighted by Crippen LogP contribution is -2.01. The monoisotopic (exact) mass is 497 g/mol. The highest BCUT2D eigenvalue weighted by molar-refractivity contribution is 9.10. The Balaban J connectivity index is 1.59. The van der Waals surface area contributed by atoms with Gasteiger partial charge in [0.2, 0.25) is 0 Å². The van der Waals surface area contributed by atoms with Crippen LogP contribution < -0.4 is 10.1 Å². The van der Waals surface area contributed by atoms with E-state index in [9.17, 15) is 4.39 Å². The normalized spacial score (nSPS) is 10.6. The molecule has 6 heteroatoms. The second kappa shape index (κ2) is 8.89. The number of anilines is 1. The molecule has 0 aliphatic rings. The molecule has 134 valence electrons. The second-order valence-corrected chi connectivity index (χ2v) is 7.78. The quantitative estimate of drug-likeness (QED) is 0.387. The molecule has 2 nitrogen and oxygen atoms in total. The van der Waals surface area contributed by atoms with E-state index in [2.05, 4.69) is 37.2 Å². The van der Waals surface area contributed by atoms with Crippen molar-refractivity contribution in [1.29, 1.82) is 0 Å². The number of nitrogens with one attached hydrogen (secondary N) is 1. The number of hydrogen-bond acceptors (Lipinski definition) is 2. The largest absolute Gasteiger partial charge is 0.488 e. The van der Waals surface area contributed by atoms with Gasteiger partial charge in [-0.3, -0.25) is 0 Å². The van der Waals surface area contributed by atoms with Gasteiger partial charge in [0, 0.05) is 16.7 Å². The Hall–Kier alpha value is -1.56. The molecule has 0 aliphatic heterocycles. The van der Waals surface area contributed by atoms with E-state index in [0.29, 0.717) is 18.2 Å². The first-order chi connectivity index (χ1) is 12.5. The lowest BCUT2D eigenvalue weighted by molar-refractivity contribution is 0.304. The molecule has 3 aromatic rings. The SMILES string of the molecule is Fc1ccc(COc2ccc(CNc3ccc(Br)c(Cl)c3)cc2Br)cc1. The Bertz CT molecular complexity index is 903. The van der Waals surface area contributed by atoms with Gasteiger partial charge in [-0.1, -0.05) is 29.8 Å². The van der Waals surface area contributed by atoms with Gasteiger partial charge in [0.25, 0.3) is 0 Å². The first kappa shape index (κ1) is 19.2.